The lowest BCUT2D eigenvalue weighted by Crippen LogP contribution is -2.12. The third kappa shape index (κ3) is 13.3. The summed E-state index contributed by atoms with van der Waals surface area (Å²) in [7, 11) is 0. The maximum Gasteiger partial charge on any atom is 0.123 e. The molecule has 0 aromatic heterocycles. The number of rotatable bonds is 16. The Balaban J connectivity index is 0.000000158. The van der Waals surface area contributed by atoms with Gasteiger partial charge in [-0.1, -0.05) is 224 Å². The van der Waals surface area contributed by atoms with Crippen LogP contribution in [0.25, 0.3) is 87.6 Å². The second kappa shape index (κ2) is 29.9. The molecule has 0 aliphatic rings. The lowest BCUT2D eigenvalue weighted by molar-refractivity contribution is 0.627. The Labute approximate surface area is 625 Å². The fourth-order valence-corrected chi connectivity index (χ4v) is 15.1. The van der Waals surface area contributed by atoms with Gasteiger partial charge in [0, 0.05) is 67.9 Å². The average Bonchev–Trinajstić information content (AvgIpc) is 0.722. The number of benzene rings is 18. The zero-order valence-electron chi connectivity index (χ0n) is 58.6. The zero-order valence-corrected chi connectivity index (χ0v) is 58.6. The summed E-state index contributed by atoms with van der Waals surface area (Å²) in [5.41, 5.74) is 19.9. The number of nitrogens with zero attached hydrogens (tertiary/aromatic N) is 4. The number of para-hydroxylation sites is 6. The van der Waals surface area contributed by atoms with Crippen molar-refractivity contribution >= 4 is 111 Å². The average molecular weight is 1400 g/mol. The van der Waals surface area contributed by atoms with Gasteiger partial charge in [-0.15, -0.1) is 0 Å². The molecule has 0 aliphatic heterocycles. The minimum absolute atomic E-state index is 0.280. The van der Waals surface area contributed by atoms with Crippen molar-refractivity contribution in [1.82, 2.24) is 0 Å². The van der Waals surface area contributed by atoms with Gasteiger partial charge in [0.2, 0.25) is 0 Å². The smallest absolute Gasteiger partial charge is 0.123 e. The highest BCUT2D eigenvalue weighted by molar-refractivity contribution is 6.26. The van der Waals surface area contributed by atoms with Crippen molar-refractivity contribution in [3.8, 4) is 44.5 Å². The highest BCUT2D eigenvalue weighted by atomic mass is 19.1. The molecule has 108 heavy (non-hydrogen) atoms. The van der Waals surface area contributed by atoms with Gasteiger partial charge in [-0.25, -0.2) is 17.6 Å². The van der Waals surface area contributed by atoms with E-state index < -0.39 is 0 Å². The van der Waals surface area contributed by atoms with Gasteiger partial charge < -0.3 is 19.6 Å². The molecule has 18 aromatic rings. The molecule has 0 bridgehead atoms. The van der Waals surface area contributed by atoms with E-state index >= 15 is 0 Å². The van der Waals surface area contributed by atoms with Gasteiger partial charge in [-0.2, -0.15) is 0 Å². The van der Waals surface area contributed by atoms with E-state index in [0.717, 1.165) is 156 Å². The molecular weight excluding hydrogens is 1330 g/mol. The van der Waals surface area contributed by atoms with Crippen LogP contribution in [-0.4, -0.2) is 0 Å². The summed E-state index contributed by atoms with van der Waals surface area (Å²) in [6.07, 6.45) is 0. The molecule has 18 aromatic carbocycles. The number of fused-ring (bicyclic) bond motifs is 4. The normalized spacial score (nSPS) is 11.1. The van der Waals surface area contributed by atoms with Gasteiger partial charge in [0.05, 0.1) is 5.69 Å². The molecule has 0 aliphatic carbocycles. The molecule has 8 heteroatoms. The van der Waals surface area contributed by atoms with Crippen LogP contribution in [0.3, 0.4) is 0 Å². The molecule has 0 saturated heterocycles. The highest BCUT2D eigenvalue weighted by Crippen LogP contribution is 2.52. The maximum atomic E-state index is 14.5. The summed E-state index contributed by atoms with van der Waals surface area (Å²) in [6, 6.07) is 136. The Bertz CT molecular complexity index is 6020. The maximum absolute atomic E-state index is 14.5. The van der Waals surface area contributed by atoms with Crippen molar-refractivity contribution in [3.05, 3.63) is 436 Å². The van der Waals surface area contributed by atoms with Crippen molar-refractivity contribution in [1.29, 1.82) is 0 Å². The highest BCUT2D eigenvalue weighted by Gasteiger charge is 2.26. The summed E-state index contributed by atoms with van der Waals surface area (Å²) in [6.45, 7) is 0. The molecule has 0 N–H and O–H groups in total. The molecule has 0 radical (unpaired) electrons. The minimum Gasteiger partial charge on any atom is -0.311 e. The van der Waals surface area contributed by atoms with E-state index in [4.69, 9.17) is 0 Å². The molecule has 0 saturated carbocycles. The van der Waals surface area contributed by atoms with E-state index in [1.165, 1.54) is 48.5 Å². The van der Waals surface area contributed by atoms with E-state index in [0.29, 0.717) is 0 Å². The third-order valence-corrected chi connectivity index (χ3v) is 19.9. The number of anilines is 12. The molecule has 4 nitrogen and oxygen atoms in total. The number of hydrogen-bond donors (Lipinski definition) is 0. The van der Waals surface area contributed by atoms with E-state index in [1.54, 1.807) is 0 Å². The Kier molecular flexibility index (Phi) is 18.6. The first-order valence-corrected chi connectivity index (χ1v) is 36.0. The van der Waals surface area contributed by atoms with Gasteiger partial charge in [0.1, 0.15) is 23.3 Å². The monoisotopic (exact) mass is 1400 g/mol. The van der Waals surface area contributed by atoms with E-state index in [2.05, 4.69) is 262 Å². The first-order valence-electron chi connectivity index (χ1n) is 36.0. The quantitative estimate of drug-likeness (QED) is 0.0706. The molecule has 0 fully saturated rings. The summed E-state index contributed by atoms with van der Waals surface area (Å²) < 4.78 is 57.3. The molecule has 18 rings (SSSR count). The Morgan fingerprint density at radius 3 is 0.704 bits per heavy atom. The van der Waals surface area contributed by atoms with Crippen LogP contribution in [-0.2, 0) is 0 Å². The molecule has 0 unspecified atom stereocenters. The van der Waals surface area contributed by atoms with E-state index in [1.807, 2.05) is 121 Å². The first kappa shape index (κ1) is 67.1. The van der Waals surface area contributed by atoms with E-state index in [-0.39, 0.29) is 23.3 Å². The van der Waals surface area contributed by atoms with E-state index in [9.17, 15) is 17.6 Å². The molecule has 516 valence electrons. The van der Waals surface area contributed by atoms with Crippen LogP contribution >= 0.6 is 0 Å². The van der Waals surface area contributed by atoms with Crippen molar-refractivity contribution in [3.63, 3.8) is 0 Å². The summed E-state index contributed by atoms with van der Waals surface area (Å²) >= 11 is 0. The summed E-state index contributed by atoms with van der Waals surface area (Å²) in [4.78, 5) is 9.06. The summed E-state index contributed by atoms with van der Waals surface area (Å²) in [5.74, 6) is -1.14. The van der Waals surface area contributed by atoms with Crippen LogP contribution in [0.5, 0.6) is 0 Å². The molecule has 0 heterocycles. The molecular formula is C100H68F4N4. The summed E-state index contributed by atoms with van der Waals surface area (Å²) in [5, 5.41) is 8.17. The zero-order chi connectivity index (χ0) is 72.9. The largest absolute Gasteiger partial charge is 0.311 e. The van der Waals surface area contributed by atoms with Gasteiger partial charge in [-0.3, -0.25) is 0 Å². The molecule has 0 atom stereocenters. The second-order valence-corrected chi connectivity index (χ2v) is 26.4. The number of hydrogen-bond acceptors (Lipinski definition) is 4. The number of halogens is 4. The Hall–Kier alpha value is -14.1. The lowest BCUT2D eigenvalue weighted by Gasteiger charge is -2.30. The SMILES string of the molecule is Fc1ccc(-c2c3ccccc3c(-c3ccc(F)cc3)c3c(N(c4ccccc4)c4ccc(N(c5ccccc5)c5ccccc5)cc4)cccc23)cc1.Fc1ccc(-c2c3ccccc3c(-c3ccc(F)cc3)c3cc(N(c4ccccc4)c4ccc(N(c5ccccc5)c5ccccc5)cc4)ccc23)cc1. The second-order valence-electron chi connectivity index (χ2n) is 26.4. The van der Waals surface area contributed by atoms with Gasteiger partial charge in [0.15, 0.2) is 0 Å². The van der Waals surface area contributed by atoms with Crippen LogP contribution in [0, 0.1) is 23.3 Å². The lowest BCUT2D eigenvalue weighted by atomic mass is 9.85. The predicted octanol–water partition coefficient (Wildman–Crippen LogP) is 29.1. The predicted molar refractivity (Wildman–Crippen MR) is 443 cm³/mol. The first-order chi connectivity index (χ1) is 53.3. The minimum atomic E-state index is -0.290. The molecule has 0 amide bonds. The van der Waals surface area contributed by atoms with Crippen LogP contribution in [0.1, 0.15) is 0 Å². The van der Waals surface area contributed by atoms with Crippen molar-refractivity contribution < 1.29 is 17.6 Å². The fourth-order valence-electron chi connectivity index (χ4n) is 15.1. The van der Waals surface area contributed by atoms with Crippen LogP contribution in [0.2, 0.25) is 0 Å². The van der Waals surface area contributed by atoms with Crippen molar-refractivity contribution in [2.24, 2.45) is 0 Å². The Morgan fingerprint density at radius 1 is 0.148 bits per heavy atom. The van der Waals surface area contributed by atoms with Crippen molar-refractivity contribution in [2.45, 2.75) is 0 Å². The van der Waals surface area contributed by atoms with Gasteiger partial charge >= 0.3 is 0 Å². The van der Waals surface area contributed by atoms with Crippen molar-refractivity contribution in [2.75, 3.05) is 19.6 Å². The Morgan fingerprint density at radius 2 is 0.370 bits per heavy atom. The topological polar surface area (TPSA) is 13.0 Å². The standard InChI is InChI=1S/2C50H34F2N2/c51-37-27-23-35(24-28-37)48-44-19-10-11-20-45(44)49(36-25-29-38(52)30-26-36)50-46(48)21-12-22-47(50)54(41-17-8-3-9-18-41)43-33-31-42(32-34-43)53(39-13-4-1-5-14-39)40-15-6-2-7-16-40;51-37-24-20-35(21-25-37)49-45-18-10-11-19-46(45)50(36-22-26-38(52)27-23-36)48-34-44(32-33-47(48)49)54(41-16-8-3-9-17-41)43-30-28-42(29-31-43)53(39-12-4-1-5-13-39)40-14-6-2-7-15-40/h2*1-34H. The molecule has 0 spiro atoms. The fraction of sp³-hybridized carbons (Fsp3) is 0. The third-order valence-electron chi connectivity index (χ3n) is 19.9. The van der Waals surface area contributed by atoms with Gasteiger partial charge in [0.25, 0.3) is 0 Å². The van der Waals surface area contributed by atoms with Crippen LogP contribution in [0.4, 0.5) is 85.8 Å². The van der Waals surface area contributed by atoms with Crippen LogP contribution < -0.4 is 19.6 Å². The van der Waals surface area contributed by atoms with Gasteiger partial charge in [-0.05, 0) is 270 Å². The van der Waals surface area contributed by atoms with Crippen LogP contribution in [0.15, 0.2) is 413 Å².